The van der Waals surface area contributed by atoms with Crippen LogP contribution in [0.15, 0.2) is 48.5 Å². The Morgan fingerprint density at radius 3 is 2.26 bits per heavy atom. The monoisotopic (exact) mass is 311 g/mol. The largest absolute Gasteiger partial charge is 0.324 e. The highest BCUT2D eigenvalue weighted by Crippen LogP contribution is 2.21. The van der Waals surface area contributed by atoms with E-state index in [1.807, 2.05) is 0 Å². The van der Waals surface area contributed by atoms with Gasteiger partial charge in [0.15, 0.2) is 0 Å². The molecule has 0 heterocycles. The third-order valence-electron chi connectivity index (χ3n) is 2.97. The number of rotatable bonds is 5. The Bertz CT molecular complexity index is 768. The number of carbonyl (C=O) groups excluding carboxylic acids is 2. The molecule has 116 valence electrons. The van der Waals surface area contributed by atoms with Crippen LogP contribution in [0, 0.1) is 17.1 Å². The van der Waals surface area contributed by atoms with Gasteiger partial charge in [-0.05, 0) is 29.8 Å². The van der Waals surface area contributed by atoms with Crippen molar-refractivity contribution in [2.45, 2.75) is 12.8 Å². The van der Waals surface area contributed by atoms with Crippen molar-refractivity contribution in [1.82, 2.24) is 0 Å². The highest BCUT2D eigenvalue weighted by atomic mass is 19.1. The summed E-state index contributed by atoms with van der Waals surface area (Å²) >= 11 is 0. The second-order valence-corrected chi connectivity index (χ2v) is 4.78. The number of nitrogens with one attached hydrogen (secondary N) is 2. The maximum absolute atomic E-state index is 13.1. The molecule has 0 saturated heterocycles. The number of nitriles is 1. The predicted octanol–water partition coefficient (Wildman–Crippen LogP) is 2.86. The Morgan fingerprint density at radius 1 is 1.00 bits per heavy atom. The second kappa shape index (κ2) is 7.71. The Morgan fingerprint density at radius 2 is 1.65 bits per heavy atom. The first kappa shape index (κ1) is 16.2. The number of benzene rings is 2. The molecule has 0 aromatic heterocycles. The zero-order valence-corrected chi connectivity index (χ0v) is 12.2. The number of hydrogen-bond acceptors (Lipinski definition) is 3. The number of amides is 2. The fourth-order valence-corrected chi connectivity index (χ4v) is 1.99. The second-order valence-electron chi connectivity index (χ2n) is 4.78. The molecule has 2 rings (SSSR count). The molecule has 2 N–H and O–H groups in total. The van der Waals surface area contributed by atoms with Gasteiger partial charge in [0.25, 0.3) is 0 Å². The van der Waals surface area contributed by atoms with Crippen molar-refractivity contribution in [3.8, 4) is 6.07 Å². The van der Waals surface area contributed by atoms with Crippen molar-refractivity contribution in [1.29, 1.82) is 5.26 Å². The van der Waals surface area contributed by atoms with E-state index in [1.54, 1.807) is 36.4 Å². The van der Waals surface area contributed by atoms with E-state index in [4.69, 9.17) is 5.26 Å². The molecule has 0 radical (unpaired) electrons. The summed E-state index contributed by atoms with van der Waals surface area (Å²) in [5, 5.41) is 13.7. The van der Waals surface area contributed by atoms with E-state index in [1.165, 1.54) is 18.2 Å². The van der Waals surface area contributed by atoms with E-state index in [9.17, 15) is 14.0 Å². The van der Waals surface area contributed by atoms with Crippen molar-refractivity contribution in [2.75, 3.05) is 10.6 Å². The smallest absolute Gasteiger partial charge is 0.238 e. The van der Waals surface area contributed by atoms with Crippen molar-refractivity contribution in [3.05, 3.63) is 59.9 Å². The number of carbonyl (C=O) groups is 2. The number of hydrogen-bond donors (Lipinski definition) is 2. The van der Waals surface area contributed by atoms with Gasteiger partial charge in [-0.15, -0.1) is 0 Å². The van der Waals surface area contributed by atoms with Crippen LogP contribution in [-0.2, 0) is 16.0 Å². The molecule has 0 atom stereocenters. The van der Waals surface area contributed by atoms with Crippen LogP contribution in [0.4, 0.5) is 15.8 Å². The van der Waals surface area contributed by atoms with Crippen LogP contribution in [-0.4, -0.2) is 11.8 Å². The molecule has 0 aliphatic rings. The van der Waals surface area contributed by atoms with Gasteiger partial charge in [0.05, 0.1) is 23.9 Å². The summed E-state index contributed by atoms with van der Waals surface area (Å²) < 4.78 is 13.1. The molecule has 0 aliphatic heterocycles. The molecule has 2 aromatic rings. The van der Waals surface area contributed by atoms with Gasteiger partial charge in [0, 0.05) is 0 Å². The fourth-order valence-electron chi connectivity index (χ4n) is 1.99. The summed E-state index contributed by atoms with van der Waals surface area (Å²) in [4.78, 5) is 23.5. The maximum Gasteiger partial charge on any atom is 0.238 e. The summed E-state index contributed by atoms with van der Waals surface area (Å²) in [6.07, 6.45) is -0.260. The molecular formula is C17H14FN3O2. The Labute approximate surface area is 132 Å². The molecule has 0 aliphatic carbocycles. The Kier molecular flexibility index (Phi) is 5.42. The lowest BCUT2D eigenvalue weighted by Crippen LogP contribution is -2.17. The fraction of sp³-hybridized carbons (Fsp3) is 0.118. The van der Waals surface area contributed by atoms with E-state index in [-0.39, 0.29) is 18.7 Å². The van der Waals surface area contributed by atoms with Crippen molar-refractivity contribution in [2.24, 2.45) is 0 Å². The van der Waals surface area contributed by atoms with Crippen LogP contribution in [0.2, 0.25) is 0 Å². The van der Waals surface area contributed by atoms with Crippen LogP contribution >= 0.6 is 0 Å². The molecule has 0 unspecified atom stereocenters. The summed E-state index contributed by atoms with van der Waals surface area (Å²) in [5.41, 5.74) is 1.37. The molecular weight excluding hydrogens is 297 g/mol. The molecule has 5 nitrogen and oxygen atoms in total. The molecule has 0 spiro atoms. The van der Waals surface area contributed by atoms with Gasteiger partial charge in [0.2, 0.25) is 11.8 Å². The lowest BCUT2D eigenvalue weighted by molar-refractivity contribution is -0.116. The van der Waals surface area contributed by atoms with E-state index < -0.39 is 11.7 Å². The van der Waals surface area contributed by atoms with Gasteiger partial charge >= 0.3 is 0 Å². The van der Waals surface area contributed by atoms with Gasteiger partial charge in [-0.2, -0.15) is 5.26 Å². The van der Waals surface area contributed by atoms with Gasteiger partial charge in [-0.3, -0.25) is 9.59 Å². The van der Waals surface area contributed by atoms with E-state index in [2.05, 4.69) is 10.6 Å². The molecule has 0 saturated carbocycles. The molecule has 2 amide bonds. The zero-order chi connectivity index (χ0) is 16.7. The maximum atomic E-state index is 13.1. The third-order valence-corrected chi connectivity index (χ3v) is 2.97. The minimum atomic E-state index is -0.459. The highest BCUT2D eigenvalue weighted by Gasteiger charge is 2.10. The first-order valence-electron chi connectivity index (χ1n) is 6.88. The highest BCUT2D eigenvalue weighted by molar-refractivity contribution is 6.00. The number of para-hydroxylation sites is 2. The van der Waals surface area contributed by atoms with Crippen molar-refractivity contribution < 1.29 is 14.0 Å². The zero-order valence-electron chi connectivity index (χ0n) is 12.2. The minimum absolute atomic E-state index is 0.0121. The molecule has 2 aromatic carbocycles. The first-order valence-corrected chi connectivity index (χ1v) is 6.88. The quantitative estimate of drug-likeness (QED) is 0.890. The van der Waals surface area contributed by atoms with E-state index >= 15 is 0 Å². The van der Waals surface area contributed by atoms with Crippen LogP contribution in [0.25, 0.3) is 0 Å². The van der Waals surface area contributed by atoms with Crippen molar-refractivity contribution in [3.63, 3.8) is 0 Å². The molecule has 0 fully saturated rings. The van der Waals surface area contributed by atoms with Crippen molar-refractivity contribution >= 4 is 23.2 Å². The Hall–Kier alpha value is -3.20. The average molecular weight is 311 g/mol. The van der Waals surface area contributed by atoms with Gasteiger partial charge in [-0.1, -0.05) is 24.3 Å². The standard InChI is InChI=1S/C17H14FN3O2/c18-13-5-3-4-12(10-13)11-17(23)21-15-7-2-1-6-14(15)20-16(22)8-9-19/h1-7,10H,8,11H2,(H,20,22)(H,21,23). The molecule has 0 bridgehead atoms. The summed E-state index contributed by atoms with van der Waals surface area (Å²) in [6.45, 7) is 0. The normalized spacial score (nSPS) is 9.74. The minimum Gasteiger partial charge on any atom is -0.324 e. The summed E-state index contributed by atoms with van der Waals surface area (Å²) in [6, 6.07) is 14.2. The lowest BCUT2D eigenvalue weighted by Gasteiger charge is -2.11. The molecule has 6 heteroatoms. The van der Waals surface area contributed by atoms with Crippen LogP contribution in [0.3, 0.4) is 0 Å². The Balaban J connectivity index is 2.06. The lowest BCUT2D eigenvalue weighted by atomic mass is 10.1. The van der Waals surface area contributed by atoms with Gasteiger partial charge in [0.1, 0.15) is 12.2 Å². The van der Waals surface area contributed by atoms with Gasteiger partial charge < -0.3 is 10.6 Å². The van der Waals surface area contributed by atoms with Gasteiger partial charge in [-0.25, -0.2) is 4.39 Å². The first-order chi connectivity index (χ1) is 11.1. The van der Waals surface area contributed by atoms with Crippen LogP contribution in [0.5, 0.6) is 0 Å². The average Bonchev–Trinajstić information content (AvgIpc) is 2.49. The molecule has 23 heavy (non-hydrogen) atoms. The number of nitrogens with zero attached hydrogens (tertiary/aromatic N) is 1. The predicted molar refractivity (Wildman–Crippen MR) is 84.0 cm³/mol. The van der Waals surface area contributed by atoms with Crippen LogP contribution < -0.4 is 10.6 Å². The number of halogens is 1. The SMILES string of the molecule is N#CCC(=O)Nc1ccccc1NC(=O)Cc1cccc(F)c1. The van der Waals surface area contributed by atoms with Crippen LogP contribution in [0.1, 0.15) is 12.0 Å². The van der Waals surface area contributed by atoms with E-state index in [0.717, 1.165) is 0 Å². The third kappa shape index (κ3) is 4.93. The topological polar surface area (TPSA) is 82.0 Å². The summed E-state index contributed by atoms with van der Waals surface area (Å²) in [5.74, 6) is -1.20. The van der Waals surface area contributed by atoms with E-state index in [0.29, 0.717) is 16.9 Å². The summed E-state index contributed by atoms with van der Waals surface area (Å²) in [7, 11) is 0. The number of anilines is 2.